The molecule has 0 bridgehead atoms. The van der Waals surface area contributed by atoms with Gasteiger partial charge in [0.05, 0.1) is 11.4 Å². The molecule has 1 rings (SSSR count). The highest BCUT2D eigenvalue weighted by Crippen LogP contribution is 2.26. The number of carbonyl (C=O) groups excluding carboxylic acids is 1. The van der Waals surface area contributed by atoms with Crippen molar-refractivity contribution in [2.45, 2.75) is 6.04 Å². The molecule has 0 aliphatic carbocycles. The highest BCUT2D eigenvalue weighted by atomic mass is 79.9. The van der Waals surface area contributed by atoms with Crippen molar-refractivity contribution >= 4 is 61.2 Å². The predicted octanol–water partition coefficient (Wildman–Crippen LogP) is 2.30. The van der Waals surface area contributed by atoms with Gasteiger partial charge in [0.1, 0.15) is 6.04 Å². The lowest BCUT2D eigenvalue weighted by Gasteiger charge is -2.08. The Morgan fingerprint density at radius 1 is 1.42 bits per heavy atom. The van der Waals surface area contributed by atoms with Crippen LogP contribution in [0.5, 0.6) is 0 Å². The van der Waals surface area contributed by atoms with Crippen molar-refractivity contribution in [1.82, 2.24) is 0 Å². The molecule has 0 saturated carbocycles. The number of amides is 1. The number of anilines is 1. The highest BCUT2D eigenvalue weighted by molar-refractivity contribution is 9.11. The lowest BCUT2D eigenvalue weighted by atomic mass is 10.3. The fraction of sp³-hybridized carbons (Fsp3) is 0.273. The van der Waals surface area contributed by atoms with Crippen molar-refractivity contribution in [3.05, 3.63) is 27.1 Å². The van der Waals surface area contributed by atoms with Crippen molar-refractivity contribution < 1.29 is 14.7 Å². The molecule has 0 heterocycles. The highest BCUT2D eigenvalue weighted by Gasteiger charge is 2.12. The molecule has 0 fully saturated rings. The zero-order valence-electron chi connectivity index (χ0n) is 9.73. The number of nitrogens with one attached hydrogen (secondary N) is 1. The van der Waals surface area contributed by atoms with Gasteiger partial charge in [0.2, 0.25) is 5.91 Å². The maximum Gasteiger partial charge on any atom is 0.321 e. The second-order valence-corrected chi connectivity index (χ2v) is 6.43. The Morgan fingerprint density at radius 2 is 2.11 bits per heavy atom. The van der Waals surface area contributed by atoms with Crippen LogP contribution >= 0.6 is 43.6 Å². The fourth-order valence-electron chi connectivity index (χ4n) is 1.13. The van der Waals surface area contributed by atoms with Crippen LogP contribution in [0.4, 0.5) is 5.69 Å². The van der Waals surface area contributed by atoms with Gasteiger partial charge in [-0.3, -0.25) is 9.59 Å². The minimum atomic E-state index is -1.07. The van der Waals surface area contributed by atoms with E-state index in [2.05, 4.69) is 37.2 Å². The van der Waals surface area contributed by atoms with Gasteiger partial charge in [-0.05, 0) is 34.1 Å². The first kappa shape index (κ1) is 16.5. The number of carboxylic acids is 1. The topological polar surface area (TPSA) is 92.4 Å². The second-order valence-electron chi connectivity index (χ2n) is 3.63. The smallest absolute Gasteiger partial charge is 0.321 e. The Kier molecular flexibility index (Phi) is 6.84. The minimum absolute atomic E-state index is 0.156. The molecule has 1 unspecified atom stereocenters. The van der Waals surface area contributed by atoms with Crippen molar-refractivity contribution in [2.24, 2.45) is 5.73 Å². The predicted molar refractivity (Wildman–Crippen MR) is 83.4 cm³/mol. The SMILES string of the molecule is NC(CSCC(=O)Nc1ccc(Br)cc1Br)C(=O)O. The summed E-state index contributed by atoms with van der Waals surface area (Å²) in [5.41, 5.74) is 5.99. The minimum Gasteiger partial charge on any atom is -0.480 e. The summed E-state index contributed by atoms with van der Waals surface area (Å²) in [6.45, 7) is 0. The van der Waals surface area contributed by atoms with E-state index in [0.29, 0.717) is 5.69 Å². The third-order valence-corrected chi connectivity index (χ3v) is 4.26. The largest absolute Gasteiger partial charge is 0.480 e. The Morgan fingerprint density at radius 3 is 2.68 bits per heavy atom. The van der Waals surface area contributed by atoms with Crippen LogP contribution in [-0.2, 0) is 9.59 Å². The van der Waals surface area contributed by atoms with Crippen LogP contribution in [-0.4, -0.2) is 34.5 Å². The molecule has 1 aromatic rings. The molecular formula is C11H12Br2N2O3S. The van der Waals surface area contributed by atoms with Crippen LogP contribution in [0.3, 0.4) is 0 Å². The normalized spacial score (nSPS) is 11.9. The van der Waals surface area contributed by atoms with Crippen LogP contribution in [0.15, 0.2) is 27.1 Å². The summed E-state index contributed by atoms with van der Waals surface area (Å²) in [6, 6.07) is 4.45. The van der Waals surface area contributed by atoms with E-state index in [1.54, 1.807) is 6.07 Å². The summed E-state index contributed by atoms with van der Waals surface area (Å²) in [5.74, 6) is -0.914. The standard InChI is InChI=1S/C11H12Br2N2O3S/c12-6-1-2-9(7(13)3-6)15-10(16)5-19-4-8(14)11(17)18/h1-3,8H,4-5,14H2,(H,15,16)(H,17,18). The van der Waals surface area contributed by atoms with Gasteiger partial charge >= 0.3 is 5.97 Å². The Bertz CT molecular complexity index is 485. The van der Waals surface area contributed by atoms with E-state index in [0.717, 1.165) is 8.95 Å². The molecule has 1 aromatic carbocycles. The number of aliphatic carboxylic acids is 1. The quantitative estimate of drug-likeness (QED) is 0.667. The van der Waals surface area contributed by atoms with E-state index < -0.39 is 12.0 Å². The molecule has 19 heavy (non-hydrogen) atoms. The third-order valence-electron chi connectivity index (χ3n) is 2.05. The maximum absolute atomic E-state index is 11.6. The van der Waals surface area contributed by atoms with E-state index >= 15 is 0 Å². The molecule has 0 spiro atoms. The number of halogens is 2. The monoisotopic (exact) mass is 410 g/mol. The molecule has 4 N–H and O–H groups in total. The molecule has 104 valence electrons. The molecule has 5 nitrogen and oxygen atoms in total. The molecule has 0 saturated heterocycles. The van der Waals surface area contributed by atoms with Crippen molar-refractivity contribution in [3.63, 3.8) is 0 Å². The van der Waals surface area contributed by atoms with Crippen LogP contribution in [0.25, 0.3) is 0 Å². The Balaban J connectivity index is 2.41. The van der Waals surface area contributed by atoms with Gasteiger partial charge in [0, 0.05) is 14.7 Å². The third kappa shape index (κ3) is 5.94. The fourth-order valence-corrected chi connectivity index (χ4v) is 3.05. The number of carbonyl (C=O) groups is 2. The summed E-state index contributed by atoms with van der Waals surface area (Å²) in [6.07, 6.45) is 0. The average molecular weight is 412 g/mol. The number of nitrogens with two attached hydrogens (primary N) is 1. The number of hydrogen-bond donors (Lipinski definition) is 3. The van der Waals surface area contributed by atoms with Gasteiger partial charge in [-0.2, -0.15) is 0 Å². The zero-order chi connectivity index (χ0) is 14.4. The second kappa shape index (κ2) is 7.88. The van der Waals surface area contributed by atoms with E-state index in [-0.39, 0.29) is 17.4 Å². The number of rotatable bonds is 6. The van der Waals surface area contributed by atoms with Crippen LogP contribution in [0, 0.1) is 0 Å². The van der Waals surface area contributed by atoms with Gasteiger partial charge in [-0.25, -0.2) is 0 Å². The van der Waals surface area contributed by atoms with Gasteiger partial charge in [-0.15, -0.1) is 11.8 Å². The van der Waals surface area contributed by atoms with Gasteiger partial charge in [-0.1, -0.05) is 15.9 Å². The van der Waals surface area contributed by atoms with Crippen molar-refractivity contribution in [1.29, 1.82) is 0 Å². The number of carboxylic acid groups (broad SMARTS) is 1. The lowest BCUT2D eigenvalue weighted by Crippen LogP contribution is -2.33. The summed E-state index contributed by atoms with van der Waals surface area (Å²) in [7, 11) is 0. The van der Waals surface area contributed by atoms with Gasteiger partial charge in [0.15, 0.2) is 0 Å². The molecule has 1 atom stereocenters. The van der Waals surface area contributed by atoms with Crippen LogP contribution < -0.4 is 11.1 Å². The molecular weight excluding hydrogens is 400 g/mol. The molecule has 0 aromatic heterocycles. The number of hydrogen-bond acceptors (Lipinski definition) is 4. The van der Waals surface area contributed by atoms with Crippen molar-refractivity contribution in [2.75, 3.05) is 16.8 Å². The van der Waals surface area contributed by atoms with E-state index in [1.165, 1.54) is 11.8 Å². The van der Waals surface area contributed by atoms with Gasteiger partial charge < -0.3 is 16.2 Å². The summed E-state index contributed by atoms with van der Waals surface area (Å²) in [4.78, 5) is 22.1. The van der Waals surface area contributed by atoms with E-state index in [1.807, 2.05) is 12.1 Å². The Hall–Kier alpha value is -0.570. The number of thioether (sulfide) groups is 1. The average Bonchev–Trinajstić information content (AvgIpc) is 2.32. The Labute approximate surface area is 131 Å². The van der Waals surface area contributed by atoms with Crippen LogP contribution in [0.2, 0.25) is 0 Å². The summed E-state index contributed by atoms with van der Waals surface area (Å²) < 4.78 is 1.67. The first-order valence-electron chi connectivity index (χ1n) is 5.21. The lowest BCUT2D eigenvalue weighted by molar-refractivity contribution is -0.137. The zero-order valence-corrected chi connectivity index (χ0v) is 13.7. The number of benzene rings is 1. The first-order valence-corrected chi connectivity index (χ1v) is 7.95. The molecule has 1 amide bonds. The molecule has 0 radical (unpaired) electrons. The summed E-state index contributed by atoms with van der Waals surface area (Å²) >= 11 is 7.84. The summed E-state index contributed by atoms with van der Waals surface area (Å²) in [5, 5.41) is 11.3. The molecule has 0 aliphatic rings. The first-order chi connectivity index (χ1) is 8.90. The maximum atomic E-state index is 11.6. The molecule has 0 aliphatic heterocycles. The van der Waals surface area contributed by atoms with Crippen LogP contribution in [0.1, 0.15) is 0 Å². The van der Waals surface area contributed by atoms with Gasteiger partial charge in [0.25, 0.3) is 0 Å². The van der Waals surface area contributed by atoms with E-state index in [9.17, 15) is 9.59 Å². The molecule has 8 heteroatoms. The van der Waals surface area contributed by atoms with Crippen molar-refractivity contribution in [3.8, 4) is 0 Å². The van der Waals surface area contributed by atoms with E-state index in [4.69, 9.17) is 10.8 Å².